The van der Waals surface area contributed by atoms with Crippen LogP contribution in [-0.4, -0.2) is 23.4 Å². The molecule has 1 amide bonds. The molecule has 1 fully saturated rings. The van der Waals surface area contributed by atoms with E-state index < -0.39 is 10.9 Å². The lowest BCUT2D eigenvalue weighted by atomic mass is 9.86. The van der Waals surface area contributed by atoms with Crippen molar-refractivity contribution < 1.29 is 19.2 Å². The molecule has 0 aliphatic heterocycles. The van der Waals surface area contributed by atoms with Crippen LogP contribution in [0.25, 0.3) is 11.1 Å². The molecule has 1 saturated carbocycles. The van der Waals surface area contributed by atoms with E-state index >= 15 is 0 Å². The van der Waals surface area contributed by atoms with E-state index in [2.05, 4.69) is 5.32 Å². The van der Waals surface area contributed by atoms with Crippen LogP contribution in [0.1, 0.15) is 62.2 Å². The molecule has 0 spiro atoms. The predicted molar refractivity (Wildman–Crippen MR) is 117 cm³/mol. The average Bonchev–Trinajstić information content (AvgIpc) is 3.17. The van der Waals surface area contributed by atoms with Crippen LogP contribution < -0.4 is 5.32 Å². The van der Waals surface area contributed by atoms with Gasteiger partial charge in [-0.25, -0.2) is 4.79 Å². The Morgan fingerprint density at radius 1 is 1.27 bits per heavy atom. The van der Waals surface area contributed by atoms with Crippen LogP contribution in [-0.2, 0) is 9.53 Å². The number of thiophene rings is 1. The average molecular weight is 431 g/mol. The Balaban J connectivity index is 1.80. The van der Waals surface area contributed by atoms with Crippen LogP contribution in [0, 0.1) is 16.0 Å². The lowest BCUT2D eigenvalue weighted by Crippen LogP contribution is -2.16. The van der Waals surface area contributed by atoms with E-state index in [0.717, 1.165) is 6.42 Å². The molecule has 30 heavy (non-hydrogen) atoms. The van der Waals surface area contributed by atoms with Crippen molar-refractivity contribution in [2.75, 3.05) is 11.9 Å². The van der Waals surface area contributed by atoms with Crippen molar-refractivity contribution in [3.8, 4) is 11.1 Å². The minimum Gasteiger partial charge on any atom is -0.462 e. The number of hydrogen-bond donors (Lipinski definition) is 1. The molecule has 0 bridgehead atoms. The molecule has 1 N–H and O–H groups in total. The number of nitrogens with one attached hydrogen (secondary N) is 1. The molecule has 160 valence electrons. The zero-order chi connectivity index (χ0) is 21.5. The molecule has 1 aliphatic carbocycles. The van der Waals surface area contributed by atoms with Crippen molar-refractivity contribution in [3.05, 3.63) is 45.3 Å². The van der Waals surface area contributed by atoms with Crippen LogP contribution in [0.15, 0.2) is 29.6 Å². The molecule has 3 rings (SSSR count). The molecule has 0 radical (unpaired) electrons. The number of nitro groups is 1. The fourth-order valence-corrected chi connectivity index (χ4v) is 4.83. The summed E-state index contributed by atoms with van der Waals surface area (Å²) in [5.41, 5.74) is 1.23. The van der Waals surface area contributed by atoms with Crippen molar-refractivity contribution in [1.82, 2.24) is 0 Å². The quantitative estimate of drug-likeness (QED) is 0.324. The molecule has 0 saturated heterocycles. The summed E-state index contributed by atoms with van der Waals surface area (Å²) in [6, 6.07) is 6.09. The van der Waals surface area contributed by atoms with Gasteiger partial charge < -0.3 is 10.1 Å². The number of ether oxygens (including phenoxy) is 1. The molecular formula is C22H26N2O5S. The van der Waals surface area contributed by atoms with Crippen LogP contribution in [0.3, 0.4) is 0 Å². The third-order valence-electron chi connectivity index (χ3n) is 5.40. The third kappa shape index (κ3) is 5.44. The molecule has 1 aliphatic rings. The summed E-state index contributed by atoms with van der Waals surface area (Å²) in [5.74, 6) is -0.0841. The zero-order valence-electron chi connectivity index (χ0n) is 17.0. The largest absolute Gasteiger partial charge is 0.462 e. The van der Waals surface area contributed by atoms with Crippen LogP contribution in [0.5, 0.6) is 0 Å². The molecule has 8 heteroatoms. The Labute approximate surface area is 179 Å². The van der Waals surface area contributed by atoms with Gasteiger partial charge in [0.1, 0.15) is 10.6 Å². The van der Waals surface area contributed by atoms with Gasteiger partial charge in [-0.3, -0.25) is 14.9 Å². The monoisotopic (exact) mass is 430 g/mol. The van der Waals surface area contributed by atoms with Gasteiger partial charge in [0.25, 0.3) is 5.69 Å². The highest BCUT2D eigenvalue weighted by Crippen LogP contribution is 2.37. The topological polar surface area (TPSA) is 98.5 Å². The first-order chi connectivity index (χ1) is 14.5. The normalized spacial score (nSPS) is 14.3. The summed E-state index contributed by atoms with van der Waals surface area (Å²) < 4.78 is 5.19. The van der Waals surface area contributed by atoms with E-state index in [1.54, 1.807) is 24.4 Å². The number of carbonyl (C=O) groups is 2. The standard InChI is InChI=1S/C22H26N2O5S/c1-2-29-22(26)20-18(16-9-6-10-17(13-16)24(27)28)14-30-21(20)23-19(25)12-11-15-7-4-3-5-8-15/h6,9-10,13-15H,2-5,7-8,11-12H2,1H3,(H,23,25). The minimum atomic E-state index is -0.553. The van der Waals surface area contributed by atoms with Gasteiger partial charge >= 0.3 is 5.97 Å². The van der Waals surface area contributed by atoms with Crippen molar-refractivity contribution in [3.63, 3.8) is 0 Å². The van der Waals surface area contributed by atoms with E-state index in [9.17, 15) is 19.7 Å². The Kier molecular flexibility index (Phi) is 7.57. The van der Waals surface area contributed by atoms with Crippen LogP contribution in [0.4, 0.5) is 10.7 Å². The van der Waals surface area contributed by atoms with Crippen molar-refractivity contribution in [1.29, 1.82) is 0 Å². The maximum atomic E-state index is 12.6. The number of non-ortho nitro benzene ring substituents is 1. The van der Waals surface area contributed by atoms with E-state index in [-0.39, 0.29) is 23.8 Å². The number of nitro benzene ring substituents is 1. The molecule has 1 aromatic heterocycles. The van der Waals surface area contributed by atoms with E-state index in [1.807, 2.05) is 0 Å². The maximum absolute atomic E-state index is 12.6. The van der Waals surface area contributed by atoms with Crippen LogP contribution >= 0.6 is 11.3 Å². The highest BCUT2D eigenvalue weighted by molar-refractivity contribution is 7.15. The first-order valence-corrected chi connectivity index (χ1v) is 11.2. The SMILES string of the molecule is CCOC(=O)c1c(-c2cccc([N+](=O)[O-])c2)csc1NC(=O)CCC1CCCCC1. The zero-order valence-corrected chi connectivity index (χ0v) is 17.8. The second-order valence-corrected chi connectivity index (χ2v) is 8.35. The van der Waals surface area contributed by atoms with Crippen molar-refractivity contribution in [2.45, 2.75) is 51.9 Å². The minimum absolute atomic E-state index is 0.0634. The highest BCUT2D eigenvalue weighted by Gasteiger charge is 2.24. The van der Waals surface area contributed by atoms with Gasteiger partial charge in [0.05, 0.1) is 11.5 Å². The summed E-state index contributed by atoms with van der Waals surface area (Å²) in [6.45, 7) is 1.90. The van der Waals surface area contributed by atoms with Gasteiger partial charge in [0, 0.05) is 29.5 Å². The lowest BCUT2D eigenvalue weighted by molar-refractivity contribution is -0.384. The molecule has 0 atom stereocenters. The van der Waals surface area contributed by atoms with Gasteiger partial charge in [-0.2, -0.15) is 0 Å². The summed E-state index contributed by atoms with van der Waals surface area (Å²) in [5, 5.41) is 16.1. The highest BCUT2D eigenvalue weighted by atomic mass is 32.1. The first kappa shape index (κ1) is 22.0. The molecule has 7 nitrogen and oxygen atoms in total. The summed E-state index contributed by atoms with van der Waals surface area (Å²) in [7, 11) is 0. The number of rotatable bonds is 8. The van der Waals surface area contributed by atoms with E-state index in [1.165, 1.54) is 55.6 Å². The maximum Gasteiger partial charge on any atom is 0.341 e. The van der Waals surface area contributed by atoms with E-state index in [0.29, 0.717) is 28.5 Å². The smallest absolute Gasteiger partial charge is 0.341 e. The molecular weight excluding hydrogens is 404 g/mol. The molecule has 2 aromatic rings. The van der Waals surface area contributed by atoms with Crippen molar-refractivity contribution >= 4 is 33.9 Å². The summed E-state index contributed by atoms with van der Waals surface area (Å²) in [4.78, 5) is 35.8. The molecule has 1 heterocycles. The Bertz CT molecular complexity index is 918. The second kappa shape index (κ2) is 10.3. The molecule has 0 unspecified atom stereocenters. The fourth-order valence-electron chi connectivity index (χ4n) is 3.86. The number of carbonyl (C=O) groups excluding carboxylic acids is 2. The Hall–Kier alpha value is -2.74. The van der Waals surface area contributed by atoms with Gasteiger partial charge in [-0.05, 0) is 24.8 Å². The Morgan fingerprint density at radius 2 is 2.03 bits per heavy atom. The van der Waals surface area contributed by atoms with Crippen LogP contribution in [0.2, 0.25) is 0 Å². The second-order valence-electron chi connectivity index (χ2n) is 7.47. The van der Waals surface area contributed by atoms with Crippen molar-refractivity contribution in [2.24, 2.45) is 5.92 Å². The van der Waals surface area contributed by atoms with E-state index in [4.69, 9.17) is 4.74 Å². The number of hydrogen-bond acceptors (Lipinski definition) is 6. The third-order valence-corrected chi connectivity index (χ3v) is 6.29. The number of nitrogens with zero attached hydrogens (tertiary/aromatic N) is 1. The van der Waals surface area contributed by atoms with Gasteiger partial charge in [0.2, 0.25) is 5.91 Å². The Morgan fingerprint density at radius 3 is 2.73 bits per heavy atom. The van der Waals surface area contributed by atoms with Gasteiger partial charge in [-0.15, -0.1) is 11.3 Å². The fraction of sp³-hybridized carbons (Fsp3) is 0.455. The van der Waals surface area contributed by atoms with Gasteiger partial charge in [-0.1, -0.05) is 44.2 Å². The summed E-state index contributed by atoms with van der Waals surface area (Å²) >= 11 is 1.23. The summed E-state index contributed by atoms with van der Waals surface area (Å²) in [6.07, 6.45) is 7.37. The lowest BCUT2D eigenvalue weighted by Gasteiger charge is -2.20. The predicted octanol–water partition coefficient (Wildman–Crippen LogP) is 5.80. The van der Waals surface area contributed by atoms with Gasteiger partial charge in [0.15, 0.2) is 0 Å². The first-order valence-electron chi connectivity index (χ1n) is 10.3. The molecule has 1 aromatic carbocycles. The number of anilines is 1. The number of benzene rings is 1. The number of amides is 1. The number of esters is 1.